The summed E-state index contributed by atoms with van der Waals surface area (Å²) in [5.74, 6) is 0.0996. The lowest BCUT2D eigenvalue weighted by molar-refractivity contribution is 1.15. The van der Waals surface area contributed by atoms with Crippen LogP contribution in [0.4, 0.5) is 17.5 Å². The Balaban J connectivity index is 2.08. The van der Waals surface area contributed by atoms with Gasteiger partial charge in [-0.15, -0.1) is 9.97 Å². The molecule has 26 heavy (non-hydrogen) atoms. The van der Waals surface area contributed by atoms with Gasteiger partial charge in [-0.1, -0.05) is 31.3 Å². The largest absolute Gasteiger partial charge is 0.370 e. The molecule has 2 aromatic heterocycles. The summed E-state index contributed by atoms with van der Waals surface area (Å²) in [7, 11) is 0. The van der Waals surface area contributed by atoms with E-state index in [1.165, 1.54) is 12.4 Å². The van der Waals surface area contributed by atoms with E-state index in [-0.39, 0.29) is 23.1 Å². The molecule has 0 fully saturated rings. The molecule has 0 amide bonds. The third-order valence-corrected chi connectivity index (χ3v) is 3.41. The van der Waals surface area contributed by atoms with E-state index in [2.05, 4.69) is 41.3 Å². The van der Waals surface area contributed by atoms with Crippen molar-refractivity contribution < 1.29 is 0 Å². The third kappa shape index (κ3) is 2.96. The molecule has 2 heterocycles. The van der Waals surface area contributed by atoms with Gasteiger partial charge in [0.25, 0.3) is 11.6 Å². The summed E-state index contributed by atoms with van der Waals surface area (Å²) in [5.41, 5.74) is 2.44. The van der Waals surface area contributed by atoms with Gasteiger partial charge in [0.05, 0.1) is 11.9 Å². The van der Waals surface area contributed by atoms with Crippen LogP contribution in [0.5, 0.6) is 0 Å². The third-order valence-electron chi connectivity index (χ3n) is 3.41. The van der Waals surface area contributed by atoms with Crippen LogP contribution in [0, 0.1) is 24.5 Å². The zero-order chi connectivity index (χ0) is 18.5. The minimum Gasteiger partial charge on any atom is -0.370 e. The normalized spacial score (nSPS) is 9.58. The predicted molar refractivity (Wildman–Crippen MR) is 94.9 cm³/mol. The minimum atomic E-state index is -0.0455. The number of benzene rings is 1. The molecule has 0 aliphatic rings. The molecule has 0 unspecified atom stereocenters. The number of aromatic nitrogens is 4. The summed E-state index contributed by atoms with van der Waals surface area (Å²) >= 11 is 0. The quantitative estimate of drug-likeness (QED) is 0.533. The molecule has 8 nitrogen and oxygen atoms in total. The molecule has 0 aliphatic heterocycles. The summed E-state index contributed by atoms with van der Waals surface area (Å²) < 4.78 is 0. The molecule has 3 rings (SSSR count). The Bertz CT molecular complexity index is 1150. The van der Waals surface area contributed by atoms with Crippen molar-refractivity contribution >= 4 is 24.2 Å². The van der Waals surface area contributed by atoms with Crippen LogP contribution in [0.3, 0.4) is 0 Å². The molecule has 0 radical (unpaired) electrons. The average molecular weight is 336 g/mol. The molecule has 8 heteroatoms. The van der Waals surface area contributed by atoms with Crippen molar-refractivity contribution in [3.8, 4) is 28.6 Å². The van der Waals surface area contributed by atoms with Crippen molar-refractivity contribution in [2.24, 2.45) is 4.99 Å². The summed E-state index contributed by atoms with van der Waals surface area (Å²) in [5, 5.41) is 9.15. The Morgan fingerprint density at radius 2 is 1.65 bits per heavy atom. The van der Waals surface area contributed by atoms with Gasteiger partial charge in [0.15, 0.2) is 17.7 Å². The topological polar surface area (TPSA) is 96.4 Å². The fraction of sp³-hybridized carbons (Fsp3) is 0. The lowest BCUT2D eigenvalue weighted by Gasteiger charge is -2.04. The van der Waals surface area contributed by atoms with Crippen molar-refractivity contribution in [2.75, 3.05) is 0 Å². The van der Waals surface area contributed by atoms with Crippen LogP contribution in [0.15, 0.2) is 41.7 Å². The lowest BCUT2D eigenvalue weighted by Crippen LogP contribution is -1.92. The number of hydrogen-bond donors (Lipinski definition) is 0. The second kappa shape index (κ2) is 6.96. The standard InChI is InChI=1S/C18H8N8/c1-20-16-13(8-19)25-14(9-23-16)11-5-4-6-12(7-11)15-10-24-17(21-2)18(22-3)26-15/h4-7,9-10H,1H2. The lowest BCUT2D eigenvalue weighted by atomic mass is 10.1. The van der Waals surface area contributed by atoms with Crippen LogP contribution in [-0.4, -0.2) is 26.7 Å². The number of nitriles is 1. The first-order valence-corrected chi connectivity index (χ1v) is 7.16. The Morgan fingerprint density at radius 1 is 1.00 bits per heavy atom. The number of hydrogen-bond acceptors (Lipinski definition) is 6. The highest BCUT2D eigenvalue weighted by Gasteiger charge is 2.14. The van der Waals surface area contributed by atoms with Crippen molar-refractivity contribution in [1.29, 1.82) is 5.26 Å². The second-order valence-corrected chi connectivity index (χ2v) is 4.90. The summed E-state index contributed by atoms with van der Waals surface area (Å²) in [6.07, 6.45) is 2.95. The van der Waals surface area contributed by atoms with Crippen LogP contribution in [0.2, 0.25) is 0 Å². The van der Waals surface area contributed by atoms with Crippen molar-refractivity contribution in [2.45, 2.75) is 0 Å². The summed E-state index contributed by atoms with van der Waals surface area (Å²) in [6.45, 7) is 17.5. The predicted octanol–water partition coefficient (Wildman–Crippen LogP) is 3.91. The molecule has 0 saturated heterocycles. The maximum absolute atomic E-state index is 9.15. The van der Waals surface area contributed by atoms with Gasteiger partial charge in [-0.3, -0.25) is 0 Å². The maximum Gasteiger partial charge on any atom is 0.294 e. The highest BCUT2D eigenvalue weighted by atomic mass is 15.0. The van der Waals surface area contributed by atoms with Gasteiger partial charge in [-0.25, -0.2) is 15.0 Å². The molecular formula is C18H8N8. The van der Waals surface area contributed by atoms with Crippen molar-refractivity contribution in [3.63, 3.8) is 0 Å². The van der Waals surface area contributed by atoms with E-state index in [4.69, 9.17) is 18.4 Å². The molecule has 120 valence electrons. The van der Waals surface area contributed by atoms with Gasteiger partial charge >= 0.3 is 0 Å². The van der Waals surface area contributed by atoms with E-state index in [0.717, 1.165) is 0 Å². The van der Waals surface area contributed by atoms with E-state index in [1.807, 2.05) is 12.1 Å². The molecule has 0 aliphatic carbocycles. The fourth-order valence-corrected chi connectivity index (χ4v) is 2.22. The van der Waals surface area contributed by atoms with Crippen LogP contribution in [0.25, 0.3) is 32.2 Å². The van der Waals surface area contributed by atoms with Crippen LogP contribution in [0.1, 0.15) is 5.69 Å². The first-order valence-electron chi connectivity index (χ1n) is 7.16. The van der Waals surface area contributed by atoms with Crippen LogP contribution in [-0.2, 0) is 0 Å². The van der Waals surface area contributed by atoms with Gasteiger partial charge in [0.2, 0.25) is 5.69 Å². The minimum absolute atomic E-state index is 0.0306. The van der Waals surface area contributed by atoms with Gasteiger partial charge in [0, 0.05) is 11.1 Å². The smallest absolute Gasteiger partial charge is 0.294 e. The molecule has 0 atom stereocenters. The van der Waals surface area contributed by atoms with Gasteiger partial charge in [-0.2, -0.15) is 5.26 Å². The van der Waals surface area contributed by atoms with E-state index in [0.29, 0.717) is 22.5 Å². The number of rotatable bonds is 3. The average Bonchev–Trinajstić information content (AvgIpc) is 2.72. The van der Waals surface area contributed by atoms with E-state index >= 15 is 0 Å². The Hall–Kier alpha value is -4.48. The Kier molecular flexibility index (Phi) is 4.38. The Morgan fingerprint density at radius 3 is 2.27 bits per heavy atom. The molecule has 0 saturated carbocycles. The molecule has 0 spiro atoms. The molecule has 0 N–H and O–H groups in total. The first kappa shape index (κ1) is 16.4. The highest BCUT2D eigenvalue weighted by molar-refractivity contribution is 5.72. The zero-order valence-electron chi connectivity index (χ0n) is 13.2. The SMILES string of the molecule is [C-]#[N+]c1ncc(-c2cccc(-c3cnc(N=C)c(C#N)n3)c2)nc1[N+]#[C-]. The molecular weight excluding hydrogens is 328 g/mol. The van der Waals surface area contributed by atoms with Crippen LogP contribution >= 0.6 is 0 Å². The summed E-state index contributed by atoms with van der Waals surface area (Å²) in [6, 6.07) is 9.14. The first-order chi connectivity index (χ1) is 12.7. The second-order valence-electron chi connectivity index (χ2n) is 4.90. The van der Waals surface area contributed by atoms with Crippen LogP contribution < -0.4 is 0 Å². The van der Waals surface area contributed by atoms with Crippen molar-refractivity contribution in [3.05, 3.63) is 65.2 Å². The summed E-state index contributed by atoms with van der Waals surface area (Å²) in [4.78, 5) is 26.6. The van der Waals surface area contributed by atoms with E-state index in [9.17, 15) is 0 Å². The number of aliphatic imine (C=N–C) groups is 1. The number of nitrogens with zero attached hydrogens (tertiary/aromatic N) is 8. The monoisotopic (exact) mass is 336 g/mol. The van der Waals surface area contributed by atoms with Crippen molar-refractivity contribution in [1.82, 2.24) is 19.9 Å². The van der Waals surface area contributed by atoms with E-state index in [1.54, 1.807) is 18.2 Å². The maximum atomic E-state index is 9.15. The molecule has 0 bridgehead atoms. The van der Waals surface area contributed by atoms with Gasteiger partial charge in [0.1, 0.15) is 6.07 Å². The highest BCUT2D eigenvalue weighted by Crippen LogP contribution is 2.29. The molecule has 3 aromatic rings. The van der Waals surface area contributed by atoms with Gasteiger partial charge < -0.3 is 9.69 Å². The van der Waals surface area contributed by atoms with Gasteiger partial charge in [-0.05, 0) is 12.8 Å². The fourth-order valence-electron chi connectivity index (χ4n) is 2.22. The Labute approximate surface area is 148 Å². The van der Waals surface area contributed by atoms with E-state index < -0.39 is 0 Å². The zero-order valence-corrected chi connectivity index (χ0v) is 13.2. The molecule has 1 aromatic carbocycles.